The summed E-state index contributed by atoms with van der Waals surface area (Å²) in [6, 6.07) is 0. The second kappa shape index (κ2) is 54.2. The van der Waals surface area contributed by atoms with E-state index in [9.17, 15) is 14.4 Å². The molecule has 65 heavy (non-hydrogen) atoms. The first-order valence-electron chi connectivity index (χ1n) is 28.5. The van der Waals surface area contributed by atoms with Gasteiger partial charge in [0.1, 0.15) is 13.2 Å². The van der Waals surface area contributed by atoms with E-state index in [1.54, 1.807) is 0 Å². The maximum absolute atomic E-state index is 12.8. The Hall–Kier alpha value is -2.37. The second-order valence-corrected chi connectivity index (χ2v) is 19.2. The molecule has 0 aliphatic heterocycles. The number of unbranched alkanes of at least 4 members (excludes halogenated alkanes) is 35. The number of carbonyl (C=O) groups excluding carboxylic acids is 3. The van der Waals surface area contributed by atoms with Crippen LogP contribution < -0.4 is 0 Å². The van der Waals surface area contributed by atoms with E-state index >= 15 is 0 Å². The lowest BCUT2D eigenvalue weighted by atomic mass is 10.0. The molecule has 0 N–H and O–H groups in total. The van der Waals surface area contributed by atoms with E-state index in [4.69, 9.17) is 14.2 Å². The third-order valence-corrected chi connectivity index (χ3v) is 12.6. The second-order valence-electron chi connectivity index (χ2n) is 19.2. The molecule has 0 saturated carbocycles. The minimum atomic E-state index is -0.778. The van der Waals surface area contributed by atoms with Gasteiger partial charge in [0.15, 0.2) is 6.10 Å². The van der Waals surface area contributed by atoms with Crippen molar-refractivity contribution in [1.82, 2.24) is 0 Å². The van der Waals surface area contributed by atoms with E-state index < -0.39 is 6.10 Å². The van der Waals surface area contributed by atoms with Crippen LogP contribution in [0.3, 0.4) is 0 Å². The average Bonchev–Trinajstić information content (AvgIpc) is 3.30. The summed E-state index contributed by atoms with van der Waals surface area (Å²) in [6.45, 7) is 6.62. The fourth-order valence-corrected chi connectivity index (χ4v) is 8.29. The van der Waals surface area contributed by atoms with Crippen molar-refractivity contribution in [3.63, 3.8) is 0 Å². The summed E-state index contributed by atoms with van der Waals surface area (Å²) in [5.74, 6) is -0.885. The number of ether oxygens (including phenoxy) is 3. The number of hydrogen-bond acceptors (Lipinski definition) is 6. The predicted molar refractivity (Wildman–Crippen MR) is 279 cm³/mol. The summed E-state index contributed by atoms with van der Waals surface area (Å²) in [6.07, 6.45) is 64.1. The first-order chi connectivity index (χ1) is 32.0. The Morgan fingerprint density at radius 3 is 0.908 bits per heavy atom. The van der Waals surface area contributed by atoms with Crippen LogP contribution in [0.1, 0.15) is 303 Å². The molecule has 0 aromatic rings. The molecule has 0 fully saturated rings. The van der Waals surface area contributed by atoms with E-state index in [0.717, 1.165) is 83.5 Å². The maximum Gasteiger partial charge on any atom is 0.306 e. The highest BCUT2D eigenvalue weighted by Crippen LogP contribution is 2.16. The topological polar surface area (TPSA) is 78.9 Å². The average molecular weight is 914 g/mol. The summed E-state index contributed by atoms with van der Waals surface area (Å²) < 4.78 is 16.8. The van der Waals surface area contributed by atoms with E-state index in [1.165, 1.54) is 180 Å². The van der Waals surface area contributed by atoms with Gasteiger partial charge >= 0.3 is 17.9 Å². The number of esters is 3. The normalized spacial score (nSPS) is 12.2. The minimum absolute atomic E-state index is 0.0777. The van der Waals surface area contributed by atoms with Crippen LogP contribution in [0, 0.1) is 0 Å². The molecule has 0 aliphatic rings. The van der Waals surface area contributed by atoms with Gasteiger partial charge in [-0.15, -0.1) is 0 Å². The highest BCUT2D eigenvalue weighted by atomic mass is 16.6. The van der Waals surface area contributed by atoms with Crippen molar-refractivity contribution in [3.8, 4) is 0 Å². The third kappa shape index (κ3) is 52.5. The summed E-state index contributed by atoms with van der Waals surface area (Å²) in [5.41, 5.74) is 0. The van der Waals surface area contributed by atoms with Crippen LogP contribution in [0.2, 0.25) is 0 Å². The number of rotatable bonds is 52. The van der Waals surface area contributed by atoms with Gasteiger partial charge in [-0.1, -0.05) is 243 Å². The van der Waals surface area contributed by atoms with Crippen LogP contribution in [-0.4, -0.2) is 37.2 Å². The zero-order valence-electron chi connectivity index (χ0n) is 43.5. The van der Waals surface area contributed by atoms with Crippen LogP contribution in [0.5, 0.6) is 0 Å². The van der Waals surface area contributed by atoms with Crippen molar-refractivity contribution in [2.75, 3.05) is 13.2 Å². The standard InChI is InChI=1S/C59H108O6/c1-4-7-10-13-16-19-22-25-27-29-31-34-37-40-43-46-49-52-58(61)64-55-56(54-63-57(60)51-48-45-42-39-36-33-24-21-18-15-12-9-6-3)65-59(62)53-50-47-44-41-38-35-32-30-28-26-23-20-17-14-11-8-5-2/h16,19,25,27,33,36,56H,4-15,17-18,20-24,26,28-32,34-35,37-55H2,1-3H3/b19-16-,27-25-,36-33-. The summed E-state index contributed by atoms with van der Waals surface area (Å²) in [4.78, 5) is 38.1. The molecule has 0 aromatic carbocycles. The molecule has 0 spiro atoms. The van der Waals surface area contributed by atoms with Gasteiger partial charge in [0, 0.05) is 19.3 Å². The summed E-state index contributed by atoms with van der Waals surface area (Å²) >= 11 is 0. The molecule has 0 aromatic heterocycles. The first-order valence-corrected chi connectivity index (χ1v) is 28.5. The molecular formula is C59H108O6. The fraction of sp³-hybridized carbons (Fsp3) is 0.847. The van der Waals surface area contributed by atoms with E-state index in [1.807, 2.05) is 0 Å². The summed E-state index contributed by atoms with van der Waals surface area (Å²) in [5, 5.41) is 0. The van der Waals surface area contributed by atoms with Gasteiger partial charge in [-0.25, -0.2) is 0 Å². The van der Waals surface area contributed by atoms with Crippen LogP contribution in [0.15, 0.2) is 36.5 Å². The number of carbonyl (C=O) groups is 3. The van der Waals surface area contributed by atoms with Crippen molar-refractivity contribution in [2.24, 2.45) is 0 Å². The van der Waals surface area contributed by atoms with Crippen molar-refractivity contribution < 1.29 is 28.6 Å². The lowest BCUT2D eigenvalue weighted by molar-refractivity contribution is -0.167. The Morgan fingerprint density at radius 1 is 0.308 bits per heavy atom. The number of hydrogen-bond donors (Lipinski definition) is 0. The molecule has 0 amide bonds. The molecule has 0 aliphatic carbocycles. The van der Waals surface area contributed by atoms with Gasteiger partial charge in [-0.2, -0.15) is 0 Å². The van der Waals surface area contributed by atoms with E-state index in [0.29, 0.717) is 19.3 Å². The van der Waals surface area contributed by atoms with Crippen LogP contribution in [-0.2, 0) is 28.6 Å². The van der Waals surface area contributed by atoms with E-state index in [-0.39, 0.29) is 31.1 Å². The monoisotopic (exact) mass is 913 g/mol. The Bertz CT molecular complexity index is 1090. The first kappa shape index (κ1) is 62.6. The molecule has 380 valence electrons. The molecule has 0 rings (SSSR count). The lowest BCUT2D eigenvalue weighted by Crippen LogP contribution is -2.30. The molecule has 0 bridgehead atoms. The Morgan fingerprint density at radius 2 is 0.554 bits per heavy atom. The number of allylic oxidation sites excluding steroid dienone is 6. The van der Waals surface area contributed by atoms with Gasteiger partial charge in [-0.3, -0.25) is 14.4 Å². The summed E-state index contributed by atoms with van der Waals surface area (Å²) in [7, 11) is 0. The molecule has 1 atom stereocenters. The van der Waals surface area contributed by atoms with Gasteiger partial charge in [-0.05, 0) is 77.0 Å². The highest BCUT2D eigenvalue weighted by Gasteiger charge is 2.19. The van der Waals surface area contributed by atoms with Crippen LogP contribution in [0.4, 0.5) is 0 Å². The molecule has 0 saturated heterocycles. The zero-order valence-corrected chi connectivity index (χ0v) is 43.5. The largest absolute Gasteiger partial charge is 0.462 e. The quantitative estimate of drug-likeness (QED) is 0.0262. The Kier molecular flexibility index (Phi) is 52.3. The van der Waals surface area contributed by atoms with Gasteiger partial charge in [0.05, 0.1) is 0 Å². The van der Waals surface area contributed by atoms with Crippen molar-refractivity contribution in [3.05, 3.63) is 36.5 Å². The zero-order chi connectivity index (χ0) is 47.2. The van der Waals surface area contributed by atoms with Gasteiger partial charge in [0.25, 0.3) is 0 Å². The Labute approximate surface area is 404 Å². The fourth-order valence-electron chi connectivity index (χ4n) is 8.29. The van der Waals surface area contributed by atoms with Gasteiger partial charge in [0.2, 0.25) is 0 Å². The minimum Gasteiger partial charge on any atom is -0.462 e. The van der Waals surface area contributed by atoms with Crippen LogP contribution >= 0.6 is 0 Å². The molecule has 0 radical (unpaired) electrons. The molecule has 6 heteroatoms. The van der Waals surface area contributed by atoms with Gasteiger partial charge < -0.3 is 14.2 Å². The van der Waals surface area contributed by atoms with E-state index in [2.05, 4.69) is 57.2 Å². The Balaban J connectivity index is 4.36. The molecule has 1 unspecified atom stereocenters. The SMILES string of the molecule is CCCCC/C=C\C/C=C\CCCCCCCCCC(=O)OCC(COC(=O)CCCCC/C=C\CCCCCCCC)OC(=O)CCCCCCCCCCCCCCCCCCC. The predicted octanol–water partition coefficient (Wildman–Crippen LogP) is 18.9. The van der Waals surface area contributed by atoms with Crippen molar-refractivity contribution in [1.29, 1.82) is 0 Å². The lowest BCUT2D eigenvalue weighted by Gasteiger charge is -2.18. The third-order valence-electron chi connectivity index (χ3n) is 12.6. The molecule has 6 nitrogen and oxygen atoms in total. The highest BCUT2D eigenvalue weighted by molar-refractivity contribution is 5.71. The van der Waals surface area contributed by atoms with Crippen molar-refractivity contribution >= 4 is 17.9 Å². The van der Waals surface area contributed by atoms with Crippen LogP contribution in [0.25, 0.3) is 0 Å². The maximum atomic E-state index is 12.8. The smallest absolute Gasteiger partial charge is 0.306 e. The molecular weight excluding hydrogens is 805 g/mol. The van der Waals surface area contributed by atoms with Crippen molar-refractivity contribution in [2.45, 2.75) is 309 Å². The molecule has 0 heterocycles.